The van der Waals surface area contributed by atoms with E-state index in [-0.39, 0.29) is 28.7 Å². The number of thiocarbonyl (C=S) groups is 1. The predicted molar refractivity (Wildman–Crippen MR) is 122 cm³/mol. The lowest BCUT2D eigenvalue weighted by atomic mass is 9.81. The van der Waals surface area contributed by atoms with E-state index in [0.717, 1.165) is 6.20 Å². The smallest absolute Gasteiger partial charge is 0.407 e. The van der Waals surface area contributed by atoms with Gasteiger partial charge in [0.2, 0.25) is 5.91 Å². The molecule has 1 aliphatic carbocycles. The van der Waals surface area contributed by atoms with Crippen LogP contribution in [0.4, 0.5) is 15.0 Å². The number of amides is 3. The molecule has 1 aromatic heterocycles. The molecule has 9 nitrogen and oxygen atoms in total. The van der Waals surface area contributed by atoms with Crippen LogP contribution in [0.5, 0.6) is 0 Å². The Bertz CT molecular complexity index is 857. The highest BCUT2D eigenvalue weighted by Crippen LogP contribution is 2.27. The molecule has 1 aromatic rings. The fraction of sp³-hybridized carbons (Fsp3) is 0.571. The van der Waals surface area contributed by atoms with Crippen molar-refractivity contribution in [3.05, 3.63) is 24.1 Å². The summed E-state index contributed by atoms with van der Waals surface area (Å²) in [6, 6.07) is 1.62. The summed E-state index contributed by atoms with van der Waals surface area (Å²) in [5.41, 5.74) is -0.683. The molecule has 0 saturated heterocycles. The Morgan fingerprint density at radius 1 is 1.16 bits per heavy atom. The van der Waals surface area contributed by atoms with Crippen LogP contribution in [0, 0.1) is 11.7 Å². The number of anilines is 1. The van der Waals surface area contributed by atoms with E-state index in [0.29, 0.717) is 19.3 Å². The van der Waals surface area contributed by atoms with Crippen molar-refractivity contribution in [1.29, 1.82) is 0 Å². The number of pyridine rings is 1. The van der Waals surface area contributed by atoms with Crippen molar-refractivity contribution in [1.82, 2.24) is 20.5 Å². The van der Waals surface area contributed by atoms with Crippen LogP contribution in [0.25, 0.3) is 0 Å². The van der Waals surface area contributed by atoms with Crippen molar-refractivity contribution in [2.75, 3.05) is 19.4 Å². The lowest BCUT2D eigenvalue weighted by molar-refractivity contribution is -0.134. The second kappa shape index (κ2) is 10.7. The number of aromatic nitrogens is 1. The number of carbonyl (C=O) groups excluding carboxylic acids is 3. The number of rotatable bonds is 4. The first-order chi connectivity index (χ1) is 14.9. The maximum absolute atomic E-state index is 13.0. The van der Waals surface area contributed by atoms with Gasteiger partial charge in [-0.05, 0) is 52.2 Å². The average Bonchev–Trinajstić information content (AvgIpc) is 2.68. The summed E-state index contributed by atoms with van der Waals surface area (Å²) in [6.07, 6.45) is 1.82. The summed E-state index contributed by atoms with van der Waals surface area (Å²) in [4.78, 5) is 42.4. The van der Waals surface area contributed by atoms with Crippen LogP contribution in [0.3, 0.4) is 0 Å². The minimum absolute atomic E-state index is 0.0258. The van der Waals surface area contributed by atoms with Crippen LogP contribution in [0.1, 0.15) is 40.0 Å². The van der Waals surface area contributed by atoms with Gasteiger partial charge in [-0.15, -0.1) is 0 Å². The van der Waals surface area contributed by atoms with Crippen molar-refractivity contribution in [3.8, 4) is 0 Å². The molecular formula is C21H30FN5O4S. The summed E-state index contributed by atoms with van der Waals surface area (Å²) in [5, 5.41) is 8.28. The number of ether oxygens (including phenoxy) is 1. The fourth-order valence-corrected chi connectivity index (χ4v) is 3.61. The van der Waals surface area contributed by atoms with Gasteiger partial charge in [-0.25, -0.2) is 14.2 Å². The fourth-order valence-electron chi connectivity index (χ4n) is 3.41. The molecule has 176 valence electrons. The molecular weight excluding hydrogens is 437 g/mol. The summed E-state index contributed by atoms with van der Waals surface area (Å²) in [7, 11) is 3.37. The number of hydrogen-bond acceptors (Lipinski definition) is 6. The van der Waals surface area contributed by atoms with Crippen LogP contribution >= 0.6 is 12.2 Å². The van der Waals surface area contributed by atoms with Gasteiger partial charge in [-0.2, -0.15) is 0 Å². The summed E-state index contributed by atoms with van der Waals surface area (Å²) < 4.78 is 18.3. The van der Waals surface area contributed by atoms with Crippen LogP contribution < -0.4 is 16.0 Å². The Balaban J connectivity index is 2.07. The lowest BCUT2D eigenvalue weighted by Crippen LogP contribution is -2.57. The van der Waals surface area contributed by atoms with E-state index in [4.69, 9.17) is 17.0 Å². The van der Waals surface area contributed by atoms with Gasteiger partial charge in [0, 0.05) is 26.1 Å². The van der Waals surface area contributed by atoms with E-state index < -0.39 is 29.5 Å². The van der Waals surface area contributed by atoms with Gasteiger partial charge >= 0.3 is 6.09 Å². The highest BCUT2D eigenvalue weighted by atomic mass is 32.1. The van der Waals surface area contributed by atoms with Crippen molar-refractivity contribution in [2.24, 2.45) is 5.92 Å². The van der Waals surface area contributed by atoms with E-state index in [1.807, 2.05) is 0 Å². The minimum atomic E-state index is -0.683. The SMILES string of the molecule is CN(C)C(=O)[C@H]1CCC(NC(=S)C(=O)Nc2ccc(F)cn2)C(NC(=O)OC(C)(C)C)C1. The number of alkyl carbamates (subject to hydrolysis) is 1. The molecule has 1 heterocycles. The van der Waals surface area contributed by atoms with Crippen molar-refractivity contribution < 1.29 is 23.5 Å². The highest BCUT2D eigenvalue weighted by Gasteiger charge is 2.37. The number of nitrogens with one attached hydrogen (secondary N) is 3. The maximum atomic E-state index is 13.0. The van der Waals surface area contributed by atoms with Gasteiger partial charge in [0.15, 0.2) is 4.99 Å². The molecule has 2 unspecified atom stereocenters. The summed E-state index contributed by atoms with van der Waals surface area (Å²) in [6.45, 7) is 5.26. The minimum Gasteiger partial charge on any atom is -0.444 e. The van der Waals surface area contributed by atoms with E-state index >= 15 is 0 Å². The molecule has 0 radical (unpaired) electrons. The van der Waals surface area contributed by atoms with Crippen molar-refractivity contribution in [2.45, 2.75) is 57.7 Å². The first-order valence-corrected chi connectivity index (χ1v) is 10.7. The monoisotopic (exact) mass is 467 g/mol. The van der Waals surface area contributed by atoms with Crippen molar-refractivity contribution >= 4 is 40.9 Å². The normalized spacial score (nSPS) is 20.6. The molecule has 3 amide bonds. The predicted octanol–water partition coefficient (Wildman–Crippen LogP) is 2.23. The van der Waals surface area contributed by atoms with Crippen LogP contribution in [0.2, 0.25) is 0 Å². The third-order valence-electron chi connectivity index (χ3n) is 4.83. The molecule has 3 atom stereocenters. The molecule has 3 N–H and O–H groups in total. The molecule has 1 fully saturated rings. The Morgan fingerprint density at radius 3 is 2.41 bits per heavy atom. The molecule has 0 spiro atoms. The van der Waals surface area contributed by atoms with Gasteiger partial charge in [0.1, 0.15) is 17.2 Å². The van der Waals surface area contributed by atoms with Gasteiger partial charge < -0.3 is 25.6 Å². The third-order valence-corrected chi connectivity index (χ3v) is 5.14. The zero-order chi connectivity index (χ0) is 24.1. The number of halogens is 1. The van der Waals surface area contributed by atoms with Gasteiger partial charge in [-0.3, -0.25) is 9.59 Å². The first-order valence-electron chi connectivity index (χ1n) is 10.3. The Morgan fingerprint density at radius 2 is 1.84 bits per heavy atom. The highest BCUT2D eigenvalue weighted by molar-refractivity contribution is 7.82. The molecule has 0 aliphatic heterocycles. The molecule has 32 heavy (non-hydrogen) atoms. The maximum Gasteiger partial charge on any atom is 0.407 e. The van der Waals surface area contributed by atoms with Gasteiger partial charge in [0.05, 0.1) is 12.2 Å². The van der Waals surface area contributed by atoms with Gasteiger partial charge in [0.25, 0.3) is 5.91 Å². The molecule has 0 aromatic carbocycles. The Hall–Kier alpha value is -2.82. The molecule has 0 bridgehead atoms. The Kier molecular flexibility index (Phi) is 8.48. The van der Waals surface area contributed by atoms with Crippen LogP contribution in [0.15, 0.2) is 18.3 Å². The second-order valence-corrected chi connectivity index (χ2v) is 9.30. The third kappa shape index (κ3) is 7.70. The number of hydrogen-bond donors (Lipinski definition) is 3. The topological polar surface area (TPSA) is 113 Å². The first kappa shape index (κ1) is 25.4. The quantitative estimate of drug-likeness (QED) is 0.582. The van der Waals surface area contributed by atoms with E-state index in [1.54, 1.807) is 34.9 Å². The zero-order valence-electron chi connectivity index (χ0n) is 18.9. The number of nitrogens with zero attached hydrogens (tertiary/aromatic N) is 2. The van der Waals surface area contributed by atoms with E-state index in [1.165, 1.54) is 17.0 Å². The lowest BCUT2D eigenvalue weighted by Gasteiger charge is -2.37. The standard InChI is InChI=1S/C21H30FN5O4S/c1-21(2,3)31-20(30)25-15-10-12(19(29)27(4)5)6-8-14(15)24-18(32)17(28)26-16-9-7-13(22)11-23-16/h7,9,11-12,14-15H,6,8,10H2,1-5H3,(H,24,32)(H,25,30)(H,23,26,28)/t12-,14?,15?/m0/s1. The van der Waals surface area contributed by atoms with Gasteiger partial charge in [-0.1, -0.05) is 12.2 Å². The molecule has 2 rings (SSSR count). The van der Waals surface area contributed by atoms with Crippen molar-refractivity contribution in [3.63, 3.8) is 0 Å². The Labute approximate surface area is 192 Å². The number of carbonyl (C=O) groups is 3. The average molecular weight is 468 g/mol. The second-order valence-electron chi connectivity index (χ2n) is 8.89. The molecule has 1 aliphatic rings. The largest absolute Gasteiger partial charge is 0.444 e. The van der Waals surface area contributed by atoms with E-state index in [9.17, 15) is 18.8 Å². The van der Waals surface area contributed by atoms with Crippen LogP contribution in [-0.2, 0) is 14.3 Å². The summed E-state index contributed by atoms with van der Waals surface area (Å²) in [5.74, 6) is -1.27. The zero-order valence-corrected chi connectivity index (χ0v) is 19.7. The van der Waals surface area contributed by atoms with Crippen LogP contribution in [-0.4, -0.2) is 64.6 Å². The molecule has 1 saturated carbocycles. The van der Waals surface area contributed by atoms with E-state index in [2.05, 4.69) is 20.9 Å². The molecule has 11 heteroatoms. The summed E-state index contributed by atoms with van der Waals surface area (Å²) >= 11 is 5.22.